The molecule has 246 valence electrons. The molecule has 0 unspecified atom stereocenters. The van der Waals surface area contributed by atoms with E-state index in [2.05, 4.69) is 62.4 Å². The third-order valence-electron chi connectivity index (χ3n) is 11.0. The van der Waals surface area contributed by atoms with E-state index in [-0.39, 0.29) is 0 Å². The quantitative estimate of drug-likeness (QED) is 0.132. The molecule has 0 N–H and O–H groups in total. The molecule has 4 rings (SSSR count). The summed E-state index contributed by atoms with van der Waals surface area (Å²) in [5.41, 5.74) is 2.47. The molecular weight excluding hydrogens is 536 g/mol. The van der Waals surface area contributed by atoms with E-state index in [1.165, 1.54) is 152 Å². The Labute approximate surface area is 272 Å². The molecule has 0 bridgehead atoms. The molecule has 2 aliphatic carbocycles. The Hall–Kier alpha value is -1.96. The molecule has 0 atom stereocenters. The van der Waals surface area contributed by atoms with Crippen molar-refractivity contribution in [2.75, 3.05) is 13.2 Å². The largest absolute Gasteiger partial charge is 0.494 e. The maximum absolute atomic E-state index is 6.11. The van der Waals surface area contributed by atoms with Gasteiger partial charge in [0.25, 0.3) is 0 Å². The fraction of sp³-hybridized carbons (Fsp3) is 0.714. The van der Waals surface area contributed by atoms with Crippen LogP contribution in [-0.4, -0.2) is 13.2 Å². The molecule has 2 aromatic rings. The lowest BCUT2D eigenvalue weighted by molar-refractivity contribution is 0.228. The van der Waals surface area contributed by atoms with Crippen molar-refractivity contribution in [2.45, 2.75) is 155 Å². The molecule has 2 heteroatoms. The van der Waals surface area contributed by atoms with Crippen molar-refractivity contribution >= 4 is 0 Å². The summed E-state index contributed by atoms with van der Waals surface area (Å²) in [7, 11) is 0. The summed E-state index contributed by atoms with van der Waals surface area (Å²) in [6.07, 6.45) is 30.9. The summed E-state index contributed by atoms with van der Waals surface area (Å²) in [6, 6.07) is 17.3. The maximum Gasteiger partial charge on any atom is 0.119 e. The highest BCUT2D eigenvalue weighted by molar-refractivity contribution is 5.64. The Kier molecular flexibility index (Phi) is 16.6. The van der Waals surface area contributed by atoms with Crippen LogP contribution in [0.25, 0.3) is 11.1 Å². The van der Waals surface area contributed by atoms with Crippen molar-refractivity contribution < 1.29 is 9.47 Å². The number of ether oxygens (including phenoxy) is 2. The zero-order valence-electron chi connectivity index (χ0n) is 28.7. The zero-order valence-corrected chi connectivity index (χ0v) is 28.7. The first kappa shape index (κ1) is 34.9. The first-order chi connectivity index (χ1) is 21.7. The average Bonchev–Trinajstić information content (AvgIpc) is 3.07. The van der Waals surface area contributed by atoms with Gasteiger partial charge in [0.05, 0.1) is 13.2 Å². The lowest BCUT2D eigenvalue weighted by atomic mass is 9.78. The predicted molar refractivity (Wildman–Crippen MR) is 190 cm³/mol. The summed E-state index contributed by atoms with van der Waals surface area (Å²) < 4.78 is 12.2. The SMILES string of the molecule is CCCCCCC1CCC(CCCOc2ccc(-c3ccc(OCCCC4CCC(CCCCCC)CC4)cc3)cc2)CC1. The minimum absolute atomic E-state index is 0.836. The van der Waals surface area contributed by atoms with Gasteiger partial charge in [0.1, 0.15) is 11.5 Å². The number of unbranched alkanes of at least 4 members (excludes halogenated alkanes) is 6. The minimum Gasteiger partial charge on any atom is -0.494 e. The van der Waals surface area contributed by atoms with Gasteiger partial charge in [0.15, 0.2) is 0 Å². The predicted octanol–water partition coefficient (Wildman–Crippen LogP) is 13.2. The summed E-state index contributed by atoms with van der Waals surface area (Å²) in [5.74, 6) is 5.85. The van der Waals surface area contributed by atoms with Crippen LogP contribution >= 0.6 is 0 Å². The number of hydrogen-bond donors (Lipinski definition) is 0. The van der Waals surface area contributed by atoms with Gasteiger partial charge < -0.3 is 9.47 Å². The summed E-state index contributed by atoms with van der Waals surface area (Å²) in [6.45, 7) is 6.29. The average molecular weight is 603 g/mol. The van der Waals surface area contributed by atoms with E-state index in [0.29, 0.717) is 0 Å². The topological polar surface area (TPSA) is 18.5 Å². The number of rotatable bonds is 21. The second-order valence-electron chi connectivity index (χ2n) is 14.5. The highest BCUT2D eigenvalue weighted by atomic mass is 16.5. The first-order valence-electron chi connectivity index (χ1n) is 19.2. The lowest BCUT2D eigenvalue weighted by Crippen LogP contribution is -2.15. The molecule has 2 nitrogen and oxygen atoms in total. The monoisotopic (exact) mass is 603 g/mol. The van der Waals surface area contributed by atoms with E-state index in [0.717, 1.165) is 48.4 Å². The zero-order chi connectivity index (χ0) is 30.7. The van der Waals surface area contributed by atoms with Crippen molar-refractivity contribution in [1.82, 2.24) is 0 Å². The van der Waals surface area contributed by atoms with Crippen LogP contribution in [0.5, 0.6) is 11.5 Å². The van der Waals surface area contributed by atoms with Gasteiger partial charge >= 0.3 is 0 Å². The van der Waals surface area contributed by atoms with Crippen LogP contribution in [0.3, 0.4) is 0 Å². The number of benzene rings is 2. The molecule has 2 aromatic carbocycles. The minimum atomic E-state index is 0.836. The first-order valence-corrected chi connectivity index (χ1v) is 19.2. The fourth-order valence-electron chi connectivity index (χ4n) is 7.95. The molecule has 0 heterocycles. The van der Waals surface area contributed by atoms with Gasteiger partial charge in [-0.2, -0.15) is 0 Å². The Morgan fingerprint density at radius 1 is 0.409 bits per heavy atom. The van der Waals surface area contributed by atoms with Gasteiger partial charge in [-0.25, -0.2) is 0 Å². The van der Waals surface area contributed by atoms with Gasteiger partial charge in [-0.05, 0) is 84.7 Å². The van der Waals surface area contributed by atoms with Gasteiger partial charge in [-0.15, -0.1) is 0 Å². The van der Waals surface area contributed by atoms with Crippen molar-refractivity contribution in [2.24, 2.45) is 23.7 Å². The van der Waals surface area contributed by atoms with E-state index in [9.17, 15) is 0 Å². The second-order valence-corrected chi connectivity index (χ2v) is 14.5. The molecule has 0 spiro atoms. The van der Waals surface area contributed by atoms with Crippen LogP contribution in [0, 0.1) is 23.7 Å². The van der Waals surface area contributed by atoms with E-state index in [1.807, 2.05) is 0 Å². The van der Waals surface area contributed by atoms with Crippen molar-refractivity contribution in [3.05, 3.63) is 48.5 Å². The van der Waals surface area contributed by atoms with Crippen molar-refractivity contribution in [3.63, 3.8) is 0 Å². The third kappa shape index (κ3) is 13.2. The molecule has 0 aromatic heterocycles. The Balaban J connectivity index is 1.04. The van der Waals surface area contributed by atoms with Crippen LogP contribution in [0.15, 0.2) is 48.5 Å². The van der Waals surface area contributed by atoms with E-state index in [4.69, 9.17) is 9.47 Å². The third-order valence-corrected chi connectivity index (χ3v) is 11.0. The van der Waals surface area contributed by atoms with Crippen molar-refractivity contribution in [3.8, 4) is 22.6 Å². The smallest absolute Gasteiger partial charge is 0.119 e. The van der Waals surface area contributed by atoms with Crippen LogP contribution < -0.4 is 9.47 Å². The molecule has 2 aliphatic rings. The van der Waals surface area contributed by atoms with Gasteiger partial charge in [0.2, 0.25) is 0 Å². The molecule has 2 saturated carbocycles. The summed E-state index contributed by atoms with van der Waals surface area (Å²) in [5, 5.41) is 0. The van der Waals surface area contributed by atoms with Crippen LogP contribution in [0.4, 0.5) is 0 Å². The molecule has 0 amide bonds. The Bertz CT molecular complexity index is 882. The normalized spacial score (nSPS) is 22.1. The molecular formula is C42H66O2. The molecule has 44 heavy (non-hydrogen) atoms. The summed E-state index contributed by atoms with van der Waals surface area (Å²) >= 11 is 0. The Morgan fingerprint density at radius 2 is 0.727 bits per heavy atom. The molecule has 2 fully saturated rings. The standard InChI is InChI=1S/C42H66O2/c1-3-5-7-9-13-35-17-21-37(22-18-35)15-11-33-43-41-29-25-39(26-30-41)40-27-31-42(32-28-40)44-34-12-16-38-23-19-36(20-24-38)14-10-8-6-4-2/h25-32,35-38H,3-24,33-34H2,1-2H3. The van der Waals surface area contributed by atoms with Crippen LogP contribution in [0.1, 0.15) is 155 Å². The highest BCUT2D eigenvalue weighted by Gasteiger charge is 2.21. The fourth-order valence-corrected chi connectivity index (χ4v) is 7.95. The molecule has 0 saturated heterocycles. The number of hydrogen-bond acceptors (Lipinski definition) is 2. The lowest BCUT2D eigenvalue weighted by Gasteiger charge is -2.28. The van der Waals surface area contributed by atoms with E-state index >= 15 is 0 Å². The summed E-state index contributed by atoms with van der Waals surface area (Å²) in [4.78, 5) is 0. The van der Waals surface area contributed by atoms with Gasteiger partial charge in [0, 0.05) is 0 Å². The Morgan fingerprint density at radius 3 is 1.05 bits per heavy atom. The van der Waals surface area contributed by atoms with Crippen LogP contribution in [0.2, 0.25) is 0 Å². The maximum atomic E-state index is 6.11. The van der Waals surface area contributed by atoms with E-state index < -0.39 is 0 Å². The van der Waals surface area contributed by atoms with E-state index in [1.54, 1.807) is 0 Å². The van der Waals surface area contributed by atoms with Gasteiger partial charge in [-0.3, -0.25) is 0 Å². The molecule has 0 aliphatic heterocycles. The van der Waals surface area contributed by atoms with Gasteiger partial charge in [-0.1, -0.05) is 154 Å². The van der Waals surface area contributed by atoms with Crippen LogP contribution in [-0.2, 0) is 0 Å². The highest BCUT2D eigenvalue weighted by Crippen LogP contribution is 2.35. The molecule has 0 radical (unpaired) electrons. The van der Waals surface area contributed by atoms with Crippen molar-refractivity contribution in [1.29, 1.82) is 0 Å². The second kappa shape index (κ2) is 21.0.